The molecule has 3 aliphatic carbocycles. The van der Waals surface area contributed by atoms with E-state index in [1.807, 2.05) is 24.1 Å². The van der Waals surface area contributed by atoms with Gasteiger partial charge in [0.1, 0.15) is 11.8 Å². The number of carboxylic acid groups (broad SMARTS) is 1. The van der Waals surface area contributed by atoms with E-state index >= 15 is 0 Å². The highest BCUT2D eigenvalue weighted by atomic mass is 16.4. The van der Waals surface area contributed by atoms with Crippen LogP contribution in [-0.2, 0) is 30.4 Å². The lowest BCUT2D eigenvalue weighted by Gasteiger charge is -2.52. The van der Waals surface area contributed by atoms with Crippen molar-refractivity contribution in [3.63, 3.8) is 0 Å². The van der Waals surface area contributed by atoms with E-state index in [0.29, 0.717) is 24.3 Å². The Morgan fingerprint density at radius 1 is 1.11 bits per heavy atom. The van der Waals surface area contributed by atoms with E-state index in [1.165, 1.54) is 32.0 Å². The van der Waals surface area contributed by atoms with Crippen molar-refractivity contribution in [2.24, 2.45) is 29.4 Å². The fraction of sp³-hybridized carbons (Fsp3) is 0.552. The smallest absolute Gasteiger partial charge is 0.405 e. The number of nitrogens with one attached hydrogen (secondary N) is 2. The summed E-state index contributed by atoms with van der Waals surface area (Å²) in [6.07, 6.45) is -1.50. The number of benzene rings is 1. The van der Waals surface area contributed by atoms with Crippen molar-refractivity contribution in [1.29, 1.82) is 0 Å². The minimum atomic E-state index is -2.86. The van der Waals surface area contributed by atoms with Crippen LogP contribution in [0.1, 0.15) is 43.1 Å². The van der Waals surface area contributed by atoms with Crippen molar-refractivity contribution in [2.75, 3.05) is 37.4 Å². The number of amides is 3. The molecule has 2 saturated carbocycles. The number of primary amides is 1. The second kappa shape index (κ2) is 11.6. The van der Waals surface area contributed by atoms with Crippen LogP contribution in [-0.4, -0.2) is 106 Å². The number of fused-ring (bicyclic) bond motifs is 3. The summed E-state index contributed by atoms with van der Waals surface area (Å²) < 4.78 is 0. The maximum absolute atomic E-state index is 14.2. The first-order valence-corrected chi connectivity index (χ1v) is 14.3. The van der Waals surface area contributed by atoms with E-state index in [0.717, 1.165) is 0 Å². The molecule has 7 atom stereocenters. The zero-order chi connectivity index (χ0) is 33.0. The molecule has 238 valence electrons. The number of hydrogen-bond donors (Lipinski definition) is 6. The van der Waals surface area contributed by atoms with Gasteiger partial charge in [-0.2, -0.15) is 0 Å². The van der Waals surface area contributed by atoms with Crippen molar-refractivity contribution in [1.82, 2.24) is 10.2 Å². The number of hydrogen-bond acceptors (Lipinski definition) is 11. The molecule has 7 unspecified atom stereocenters. The van der Waals surface area contributed by atoms with Crippen LogP contribution in [0.4, 0.5) is 16.2 Å². The summed E-state index contributed by atoms with van der Waals surface area (Å²) in [5.74, 6) is -12.8. The van der Waals surface area contributed by atoms with Gasteiger partial charge in [0.25, 0.3) is 0 Å². The predicted octanol–water partition coefficient (Wildman–Crippen LogP) is -0.692. The standard InChI is InChI=1S/C29H37N5O10/c1-6-34(7-2)16-10-15(32-27(41)11(3)31-28(42)43)21(35)18-13(16)8-12-9-14-20(33(4)5)23(37)19(26(30)40)25(39)29(14,44)24(38)17(12)22(18)36/h10-12,14,17,19-20,31,35,44H,6-9H2,1-5H3,(H2,30,40)(H,32,41)(H,42,43). The normalized spacial score (nSPS) is 28.5. The molecule has 0 heterocycles. The monoisotopic (exact) mass is 615 g/mol. The number of ketones is 4. The summed E-state index contributed by atoms with van der Waals surface area (Å²) >= 11 is 0. The number of aliphatic hydroxyl groups is 1. The van der Waals surface area contributed by atoms with E-state index in [4.69, 9.17) is 10.8 Å². The Balaban J connectivity index is 1.87. The largest absolute Gasteiger partial charge is 0.505 e. The number of Topliss-reactive ketones (excluding diaryl/α,β-unsaturated/α-hetero) is 4. The zero-order valence-corrected chi connectivity index (χ0v) is 25.0. The van der Waals surface area contributed by atoms with Crippen LogP contribution < -0.4 is 21.3 Å². The first kappa shape index (κ1) is 32.5. The number of nitrogens with zero attached hydrogens (tertiary/aromatic N) is 2. The average Bonchev–Trinajstić information content (AvgIpc) is 2.92. The predicted molar refractivity (Wildman–Crippen MR) is 154 cm³/mol. The molecule has 0 saturated heterocycles. The number of phenols is 1. The van der Waals surface area contributed by atoms with E-state index in [-0.39, 0.29) is 24.1 Å². The van der Waals surface area contributed by atoms with Gasteiger partial charge < -0.3 is 36.6 Å². The molecule has 15 nitrogen and oxygen atoms in total. The van der Waals surface area contributed by atoms with Crippen LogP contribution in [0.2, 0.25) is 0 Å². The van der Waals surface area contributed by atoms with Gasteiger partial charge >= 0.3 is 6.09 Å². The molecular weight excluding hydrogens is 578 g/mol. The fourth-order valence-electron chi connectivity index (χ4n) is 7.09. The van der Waals surface area contributed by atoms with Gasteiger partial charge in [-0.3, -0.25) is 33.7 Å². The molecule has 0 bridgehead atoms. The lowest BCUT2D eigenvalue weighted by Crippen LogP contribution is -2.74. The number of likely N-dealkylation sites (N-methyl/N-ethyl adjacent to an activating group) is 1. The van der Waals surface area contributed by atoms with Crippen molar-refractivity contribution < 1.29 is 48.9 Å². The first-order chi connectivity index (χ1) is 20.5. The molecular formula is C29H37N5O10. The minimum Gasteiger partial charge on any atom is -0.505 e. The fourth-order valence-corrected chi connectivity index (χ4v) is 7.09. The maximum atomic E-state index is 14.2. The Kier molecular flexibility index (Phi) is 8.59. The molecule has 4 rings (SSSR count). The second-order valence-corrected chi connectivity index (χ2v) is 11.8. The number of carbonyl (C=O) groups is 7. The number of phenolic OH excluding ortho intramolecular Hbond substituents is 1. The van der Waals surface area contributed by atoms with Gasteiger partial charge in [-0.25, -0.2) is 4.79 Å². The molecule has 44 heavy (non-hydrogen) atoms. The summed E-state index contributed by atoms with van der Waals surface area (Å²) in [6.45, 7) is 5.91. The lowest BCUT2D eigenvalue weighted by atomic mass is 9.52. The summed E-state index contributed by atoms with van der Waals surface area (Å²) in [6, 6.07) is -0.977. The highest BCUT2D eigenvalue weighted by molar-refractivity contribution is 6.32. The quantitative estimate of drug-likeness (QED) is 0.157. The van der Waals surface area contributed by atoms with Gasteiger partial charge in [-0.05, 0) is 65.3 Å². The van der Waals surface area contributed by atoms with E-state index in [1.54, 1.807) is 0 Å². The number of carbonyl (C=O) groups excluding carboxylic acids is 6. The van der Waals surface area contributed by atoms with Gasteiger partial charge in [0.15, 0.2) is 34.7 Å². The Bertz CT molecular complexity index is 1470. The van der Waals surface area contributed by atoms with Crippen molar-refractivity contribution in [2.45, 2.75) is 51.3 Å². The van der Waals surface area contributed by atoms with E-state index in [9.17, 15) is 43.8 Å². The number of nitrogens with two attached hydrogens (primary N) is 1. The van der Waals surface area contributed by atoms with Gasteiger partial charge in [0, 0.05) is 24.7 Å². The molecule has 3 amide bonds. The molecule has 0 spiro atoms. The molecule has 2 fully saturated rings. The maximum Gasteiger partial charge on any atom is 0.405 e. The molecule has 1 aromatic rings. The Morgan fingerprint density at radius 2 is 1.73 bits per heavy atom. The SMILES string of the molecule is CCN(CC)c1cc(NC(=O)C(C)NC(=O)O)c(O)c2c1CC1CC3C(N(C)C)C(=O)C(C(N)=O)C(=O)C3(O)C(=O)C1C2=O. The summed E-state index contributed by atoms with van der Waals surface area (Å²) in [4.78, 5) is 94.2. The molecule has 0 radical (unpaired) electrons. The molecule has 0 aliphatic heterocycles. The summed E-state index contributed by atoms with van der Waals surface area (Å²) in [5, 5.41) is 36.5. The van der Waals surface area contributed by atoms with Crippen LogP contribution >= 0.6 is 0 Å². The molecule has 1 aromatic carbocycles. The Morgan fingerprint density at radius 3 is 2.25 bits per heavy atom. The van der Waals surface area contributed by atoms with Crippen LogP contribution in [0.15, 0.2) is 6.07 Å². The van der Waals surface area contributed by atoms with Gasteiger partial charge in [-0.15, -0.1) is 0 Å². The van der Waals surface area contributed by atoms with Gasteiger partial charge in [-0.1, -0.05) is 0 Å². The van der Waals surface area contributed by atoms with Crippen LogP contribution in [0, 0.1) is 23.7 Å². The van der Waals surface area contributed by atoms with Crippen LogP contribution in [0.3, 0.4) is 0 Å². The zero-order valence-electron chi connectivity index (χ0n) is 25.0. The number of rotatable bonds is 8. The molecule has 15 heteroatoms. The van der Waals surface area contributed by atoms with E-state index < -0.39 is 88.1 Å². The third-order valence-electron chi connectivity index (χ3n) is 9.13. The molecule has 0 aromatic heterocycles. The number of aromatic hydroxyl groups is 1. The number of anilines is 2. The first-order valence-electron chi connectivity index (χ1n) is 14.3. The highest BCUT2D eigenvalue weighted by Gasteiger charge is 2.69. The topological polar surface area (TPSA) is 237 Å². The van der Waals surface area contributed by atoms with Crippen molar-refractivity contribution in [3.8, 4) is 5.75 Å². The van der Waals surface area contributed by atoms with Gasteiger partial charge in [0.05, 0.1) is 23.2 Å². The van der Waals surface area contributed by atoms with E-state index in [2.05, 4.69) is 5.32 Å². The van der Waals surface area contributed by atoms with Crippen molar-refractivity contribution in [3.05, 3.63) is 17.2 Å². The van der Waals surface area contributed by atoms with Crippen molar-refractivity contribution >= 4 is 52.4 Å². The van der Waals surface area contributed by atoms with Gasteiger partial charge in [0.2, 0.25) is 11.8 Å². The minimum absolute atomic E-state index is 0.0520. The van der Waals surface area contributed by atoms with Crippen LogP contribution in [0.25, 0.3) is 0 Å². The molecule has 7 N–H and O–H groups in total. The summed E-state index contributed by atoms with van der Waals surface area (Å²) in [7, 11) is 3.02. The third kappa shape index (κ3) is 4.89. The van der Waals surface area contributed by atoms with Crippen LogP contribution in [0.5, 0.6) is 5.75 Å². The second-order valence-electron chi connectivity index (χ2n) is 11.8. The Hall–Kier alpha value is -4.37. The Labute approximate surface area is 252 Å². The summed E-state index contributed by atoms with van der Waals surface area (Å²) in [5.41, 5.74) is 2.87. The lowest BCUT2D eigenvalue weighted by molar-refractivity contribution is -0.181. The third-order valence-corrected chi connectivity index (χ3v) is 9.13. The molecule has 3 aliphatic rings. The average molecular weight is 616 g/mol. The highest BCUT2D eigenvalue weighted by Crippen LogP contribution is 2.53.